The molecule has 0 aliphatic heterocycles. The third kappa shape index (κ3) is 6.73. The average molecular weight is 609 g/mol. The highest BCUT2D eigenvalue weighted by Crippen LogP contribution is 2.29. The quantitative estimate of drug-likeness (QED) is 0.188. The van der Waals surface area contributed by atoms with E-state index in [2.05, 4.69) is 9.97 Å². The van der Waals surface area contributed by atoms with Crippen LogP contribution in [0, 0.1) is 0 Å². The van der Waals surface area contributed by atoms with Gasteiger partial charge >= 0.3 is 6.18 Å². The standard InChI is InChI=1S/C32H31F3N4O3S/c1-2-18-39(43(41,42)29-11-5-7-24-8-6-17-36-31(24)29)22-30(40)38(21-23-12-14-26(15-13-23)32(33,34)35)19-16-25-20-37-28-10-4-3-9-27(25)28/h3-15,17,20,37H,2,16,18-19,21-22H2,1H3. The normalized spacial score (nSPS) is 12.3. The first kappa shape index (κ1) is 30.2. The van der Waals surface area contributed by atoms with Crippen LogP contribution in [0.2, 0.25) is 0 Å². The van der Waals surface area contributed by atoms with Gasteiger partial charge in [0.2, 0.25) is 15.9 Å². The molecule has 224 valence electrons. The second kappa shape index (κ2) is 12.6. The van der Waals surface area contributed by atoms with E-state index < -0.39 is 34.2 Å². The molecule has 0 aliphatic carbocycles. The number of aromatic amines is 1. The third-order valence-corrected chi connectivity index (χ3v) is 9.21. The van der Waals surface area contributed by atoms with Crippen molar-refractivity contribution in [1.82, 2.24) is 19.2 Å². The number of sulfonamides is 1. The molecule has 0 saturated carbocycles. The molecule has 0 atom stereocenters. The molecule has 5 rings (SSSR count). The number of rotatable bonds is 11. The Labute approximate surface area is 248 Å². The van der Waals surface area contributed by atoms with Crippen LogP contribution in [-0.2, 0) is 34.0 Å². The van der Waals surface area contributed by atoms with Gasteiger partial charge in [0.05, 0.1) is 17.6 Å². The third-order valence-electron chi connectivity index (χ3n) is 7.33. The van der Waals surface area contributed by atoms with Gasteiger partial charge in [-0.3, -0.25) is 9.78 Å². The molecule has 1 N–H and O–H groups in total. The van der Waals surface area contributed by atoms with Crippen molar-refractivity contribution in [3.63, 3.8) is 0 Å². The largest absolute Gasteiger partial charge is 0.416 e. The average Bonchev–Trinajstić information content (AvgIpc) is 3.41. The minimum Gasteiger partial charge on any atom is -0.361 e. The number of nitrogens with zero attached hydrogens (tertiary/aromatic N) is 3. The Bertz CT molecular complexity index is 1830. The fraction of sp³-hybridized carbons (Fsp3) is 0.250. The molecule has 3 aromatic carbocycles. The molecule has 2 heterocycles. The molecule has 0 saturated heterocycles. The van der Waals surface area contributed by atoms with E-state index >= 15 is 0 Å². The number of alkyl halides is 3. The van der Waals surface area contributed by atoms with Crippen molar-refractivity contribution in [2.24, 2.45) is 0 Å². The Morgan fingerprint density at radius 2 is 1.67 bits per heavy atom. The zero-order valence-corrected chi connectivity index (χ0v) is 24.3. The van der Waals surface area contributed by atoms with Crippen LogP contribution >= 0.6 is 0 Å². The minimum atomic E-state index is -4.48. The van der Waals surface area contributed by atoms with Crippen LogP contribution in [0.1, 0.15) is 30.0 Å². The fourth-order valence-electron chi connectivity index (χ4n) is 5.11. The lowest BCUT2D eigenvalue weighted by molar-refractivity contribution is -0.137. The Kier molecular flexibility index (Phi) is 8.84. The van der Waals surface area contributed by atoms with Gasteiger partial charge in [0.25, 0.3) is 0 Å². The van der Waals surface area contributed by atoms with Crippen LogP contribution in [0.4, 0.5) is 13.2 Å². The van der Waals surface area contributed by atoms with Gasteiger partial charge in [0, 0.05) is 48.3 Å². The Balaban J connectivity index is 1.43. The maximum atomic E-state index is 13.9. The zero-order chi connectivity index (χ0) is 30.6. The molecule has 0 bridgehead atoms. The van der Waals surface area contributed by atoms with E-state index in [0.29, 0.717) is 29.3 Å². The SMILES string of the molecule is CCCN(CC(=O)N(CCc1c[nH]c2ccccc12)Cc1ccc(C(F)(F)F)cc1)S(=O)(=O)c1cccc2cccnc12. The van der Waals surface area contributed by atoms with E-state index in [9.17, 15) is 26.4 Å². The molecule has 0 unspecified atom stereocenters. The number of halogens is 3. The summed E-state index contributed by atoms with van der Waals surface area (Å²) in [5, 5.41) is 1.66. The first-order chi connectivity index (χ1) is 20.6. The number of pyridine rings is 1. The highest BCUT2D eigenvalue weighted by Gasteiger charge is 2.31. The number of aromatic nitrogens is 2. The van der Waals surface area contributed by atoms with Gasteiger partial charge in [-0.25, -0.2) is 8.42 Å². The highest BCUT2D eigenvalue weighted by atomic mass is 32.2. The van der Waals surface area contributed by atoms with E-state index in [0.717, 1.165) is 32.9 Å². The number of benzene rings is 3. The van der Waals surface area contributed by atoms with E-state index in [1.165, 1.54) is 29.3 Å². The number of nitrogens with one attached hydrogen (secondary N) is 1. The van der Waals surface area contributed by atoms with Gasteiger partial charge < -0.3 is 9.88 Å². The lowest BCUT2D eigenvalue weighted by Crippen LogP contribution is -2.43. The summed E-state index contributed by atoms with van der Waals surface area (Å²) in [6, 6.07) is 20.8. The highest BCUT2D eigenvalue weighted by molar-refractivity contribution is 7.89. The number of hydrogen-bond acceptors (Lipinski definition) is 4. The van der Waals surface area contributed by atoms with Crippen LogP contribution in [-0.4, -0.2) is 53.1 Å². The molecule has 0 fully saturated rings. The summed E-state index contributed by atoms with van der Waals surface area (Å²) < 4.78 is 68.4. The van der Waals surface area contributed by atoms with Crippen LogP contribution in [0.25, 0.3) is 21.8 Å². The molecule has 0 radical (unpaired) electrons. The maximum Gasteiger partial charge on any atom is 0.416 e. The Morgan fingerprint density at radius 1 is 0.930 bits per heavy atom. The Hall–Kier alpha value is -4.22. The molecule has 1 amide bonds. The summed E-state index contributed by atoms with van der Waals surface area (Å²) in [6.07, 6.45) is -0.155. The van der Waals surface area contributed by atoms with Gasteiger partial charge in [-0.1, -0.05) is 55.5 Å². The first-order valence-corrected chi connectivity index (χ1v) is 15.3. The van der Waals surface area contributed by atoms with Gasteiger partial charge in [-0.05, 0) is 54.3 Å². The van der Waals surface area contributed by atoms with Gasteiger partial charge in [-0.15, -0.1) is 0 Å². The maximum absolute atomic E-state index is 13.9. The van der Waals surface area contributed by atoms with Gasteiger partial charge in [0.1, 0.15) is 4.90 Å². The first-order valence-electron chi connectivity index (χ1n) is 13.9. The van der Waals surface area contributed by atoms with Crippen molar-refractivity contribution in [3.8, 4) is 0 Å². The van der Waals surface area contributed by atoms with Gasteiger partial charge in [-0.2, -0.15) is 17.5 Å². The summed E-state index contributed by atoms with van der Waals surface area (Å²) in [6.45, 7) is 1.76. The molecule has 7 nitrogen and oxygen atoms in total. The van der Waals surface area contributed by atoms with Crippen molar-refractivity contribution in [2.45, 2.75) is 37.4 Å². The number of fused-ring (bicyclic) bond motifs is 2. The number of amides is 1. The summed E-state index contributed by atoms with van der Waals surface area (Å²) in [5.74, 6) is -0.454. The number of para-hydroxylation sites is 2. The predicted octanol–water partition coefficient (Wildman–Crippen LogP) is 6.41. The summed E-state index contributed by atoms with van der Waals surface area (Å²) >= 11 is 0. The van der Waals surface area contributed by atoms with Crippen molar-refractivity contribution >= 4 is 37.7 Å². The van der Waals surface area contributed by atoms with Crippen molar-refractivity contribution < 1.29 is 26.4 Å². The smallest absolute Gasteiger partial charge is 0.361 e. The van der Waals surface area contributed by atoms with E-state index in [1.807, 2.05) is 37.4 Å². The van der Waals surface area contributed by atoms with E-state index in [4.69, 9.17) is 0 Å². The fourth-order valence-corrected chi connectivity index (χ4v) is 6.76. The molecule has 11 heteroatoms. The minimum absolute atomic E-state index is 0.0138. The zero-order valence-electron chi connectivity index (χ0n) is 23.5. The molecular formula is C32H31F3N4O3S. The number of carbonyl (C=O) groups excluding carboxylic acids is 1. The Morgan fingerprint density at radius 3 is 2.42 bits per heavy atom. The van der Waals surface area contributed by atoms with Crippen LogP contribution in [0.15, 0.2) is 96.2 Å². The predicted molar refractivity (Wildman–Crippen MR) is 160 cm³/mol. The van der Waals surface area contributed by atoms with Crippen molar-refractivity contribution in [2.75, 3.05) is 19.6 Å². The van der Waals surface area contributed by atoms with Crippen molar-refractivity contribution in [3.05, 3.63) is 108 Å². The van der Waals surface area contributed by atoms with Crippen LogP contribution < -0.4 is 0 Å². The molecule has 43 heavy (non-hydrogen) atoms. The van der Waals surface area contributed by atoms with E-state index in [-0.39, 0.29) is 24.5 Å². The van der Waals surface area contributed by atoms with Crippen molar-refractivity contribution in [1.29, 1.82) is 0 Å². The lowest BCUT2D eigenvalue weighted by Gasteiger charge is -2.27. The second-order valence-electron chi connectivity index (χ2n) is 10.3. The number of hydrogen-bond donors (Lipinski definition) is 1. The molecular weight excluding hydrogens is 577 g/mol. The monoisotopic (exact) mass is 608 g/mol. The lowest BCUT2D eigenvalue weighted by atomic mass is 10.1. The molecule has 2 aromatic heterocycles. The van der Waals surface area contributed by atoms with E-state index in [1.54, 1.807) is 24.3 Å². The summed E-state index contributed by atoms with van der Waals surface area (Å²) in [7, 11) is -4.11. The van der Waals surface area contributed by atoms with Gasteiger partial charge in [0.15, 0.2) is 0 Å². The second-order valence-corrected chi connectivity index (χ2v) is 12.2. The molecule has 5 aromatic rings. The topological polar surface area (TPSA) is 86.4 Å². The van der Waals surface area contributed by atoms with Crippen LogP contribution in [0.5, 0.6) is 0 Å². The van der Waals surface area contributed by atoms with Crippen LogP contribution in [0.3, 0.4) is 0 Å². The summed E-state index contributed by atoms with van der Waals surface area (Å²) in [5.41, 5.74) is 1.96. The number of carbonyl (C=O) groups is 1. The summed E-state index contributed by atoms with van der Waals surface area (Å²) in [4.78, 5) is 22.9. The molecule has 0 aliphatic rings. The number of H-pyrrole nitrogens is 1. The molecule has 0 spiro atoms.